The molecule has 1 aliphatic rings. The molecular weight excluding hydrogens is 434 g/mol. The van der Waals surface area contributed by atoms with E-state index in [1.54, 1.807) is 4.90 Å². The standard InChI is InChI=1S/C26H39N3O5/c1-16(2)12-21(19(6)30)27-24(31)23(13-17(3)4)29-18(5)14-22(25(29)32)28-26(33)34-15-20-10-8-7-9-11-20/h7-11,16-18,21-23H,12-15H2,1-6H3,(H,27,31)(H,28,33)/t18?,21-,22-,23-/m0/s1. The van der Waals surface area contributed by atoms with Crippen LogP contribution in [-0.4, -0.2) is 52.8 Å². The monoisotopic (exact) mass is 473 g/mol. The zero-order valence-corrected chi connectivity index (χ0v) is 21.2. The van der Waals surface area contributed by atoms with E-state index in [4.69, 9.17) is 4.74 Å². The number of ketones is 1. The Kier molecular flexibility index (Phi) is 10.1. The third-order valence-corrected chi connectivity index (χ3v) is 5.96. The Morgan fingerprint density at radius 1 is 1.06 bits per heavy atom. The topological polar surface area (TPSA) is 105 Å². The van der Waals surface area contributed by atoms with E-state index in [1.807, 2.05) is 65.0 Å². The molecule has 188 valence electrons. The lowest BCUT2D eigenvalue weighted by Gasteiger charge is -2.33. The number of benzene rings is 1. The third kappa shape index (κ3) is 7.85. The van der Waals surface area contributed by atoms with Crippen LogP contribution in [0.5, 0.6) is 0 Å². The van der Waals surface area contributed by atoms with E-state index in [-0.39, 0.29) is 42.1 Å². The molecule has 0 bridgehead atoms. The SMILES string of the molecule is CC(=O)[C@H](CC(C)C)NC(=O)[C@H](CC(C)C)N1C(=O)[C@@H](NC(=O)OCc2ccccc2)CC1C. The molecule has 0 aromatic heterocycles. The largest absolute Gasteiger partial charge is 0.445 e. The van der Waals surface area contributed by atoms with E-state index in [0.717, 1.165) is 5.56 Å². The molecule has 1 aromatic rings. The van der Waals surface area contributed by atoms with Crippen molar-refractivity contribution in [2.24, 2.45) is 11.8 Å². The summed E-state index contributed by atoms with van der Waals surface area (Å²) in [6.45, 7) is 11.4. The van der Waals surface area contributed by atoms with Gasteiger partial charge in [-0.2, -0.15) is 0 Å². The molecule has 0 radical (unpaired) electrons. The Balaban J connectivity index is 2.08. The molecule has 3 amide bonds. The molecular formula is C26H39N3O5. The minimum Gasteiger partial charge on any atom is -0.445 e. The number of likely N-dealkylation sites (tertiary alicyclic amines) is 1. The van der Waals surface area contributed by atoms with Crippen LogP contribution in [0.1, 0.15) is 66.4 Å². The zero-order chi connectivity index (χ0) is 25.4. The summed E-state index contributed by atoms with van der Waals surface area (Å²) in [6.07, 6.45) is 0.702. The third-order valence-electron chi connectivity index (χ3n) is 5.96. The molecule has 0 aliphatic carbocycles. The highest BCUT2D eigenvalue weighted by Crippen LogP contribution is 2.26. The van der Waals surface area contributed by atoms with Crippen LogP contribution in [0.25, 0.3) is 0 Å². The van der Waals surface area contributed by atoms with Crippen LogP contribution >= 0.6 is 0 Å². The van der Waals surface area contributed by atoms with Gasteiger partial charge in [-0.1, -0.05) is 58.0 Å². The quantitative estimate of drug-likeness (QED) is 0.512. The maximum absolute atomic E-state index is 13.3. The summed E-state index contributed by atoms with van der Waals surface area (Å²) in [5.41, 5.74) is 0.848. The fourth-order valence-corrected chi connectivity index (χ4v) is 4.30. The number of rotatable bonds is 11. The normalized spacial score (nSPS) is 19.8. The average Bonchev–Trinajstić information content (AvgIpc) is 3.02. The zero-order valence-electron chi connectivity index (χ0n) is 21.2. The van der Waals surface area contributed by atoms with Crippen LogP contribution in [0.2, 0.25) is 0 Å². The van der Waals surface area contributed by atoms with Crippen molar-refractivity contribution in [2.45, 2.75) is 91.6 Å². The number of amides is 3. The van der Waals surface area contributed by atoms with Gasteiger partial charge in [-0.3, -0.25) is 14.4 Å². The minimum absolute atomic E-state index is 0.105. The van der Waals surface area contributed by atoms with Gasteiger partial charge in [-0.15, -0.1) is 0 Å². The molecule has 0 saturated carbocycles. The van der Waals surface area contributed by atoms with Gasteiger partial charge in [0.05, 0.1) is 6.04 Å². The average molecular weight is 474 g/mol. The first-order valence-corrected chi connectivity index (χ1v) is 12.1. The summed E-state index contributed by atoms with van der Waals surface area (Å²) in [6, 6.07) is 6.97. The van der Waals surface area contributed by atoms with Crippen molar-refractivity contribution in [1.29, 1.82) is 0 Å². The van der Waals surface area contributed by atoms with E-state index in [9.17, 15) is 19.2 Å². The minimum atomic E-state index is -0.764. The molecule has 1 unspecified atom stereocenters. The lowest BCUT2D eigenvalue weighted by atomic mass is 9.98. The number of hydrogen-bond acceptors (Lipinski definition) is 5. The van der Waals surface area contributed by atoms with E-state index < -0.39 is 24.2 Å². The number of hydrogen-bond donors (Lipinski definition) is 2. The van der Waals surface area contributed by atoms with Gasteiger partial charge in [-0.05, 0) is 50.5 Å². The van der Waals surface area contributed by atoms with Gasteiger partial charge in [0.2, 0.25) is 11.8 Å². The number of Topliss-reactive ketones (excluding diaryl/α,β-unsaturated/α-hetero) is 1. The highest BCUT2D eigenvalue weighted by Gasteiger charge is 2.44. The number of alkyl carbamates (subject to hydrolysis) is 1. The number of nitrogens with one attached hydrogen (secondary N) is 2. The molecule has 8 heteroatoms. The molecule has 1 saturated heterocycles. The smallest absolute Gasteiger partial charge is 0.408 e. The summed E-state index contributed by atoms with van der Waals surface area (Å²) >= 11 is 0. The van der Waals surface area contributed by atoms with Crippen molar-refractivity contribution in [1.82, 2.24) is 15.5 Å². The van der Waals surface area contributed by atoms with Gasteiger partial charge in [-0.25, -0.2) is 4.79 Å². The molecule has 1 aromatic carbocycles. The predicted octanol–water partition coefficient (Wildman–Crippen LogP) is 3.44. The maximum atomic E-state index is 13.3. The summed E-state index contributed by atoms with van der Waals surface area (Å²) in [7, 11) is 0. The molecule has 1 aliphatic heterocycles. The Labute approximate surface area is 202 Å². The van der Waals surface area contributed by atoms with E-state index >= 15 is 0 Å². The highest BCUT2D eigenvalue weighted by atomic mass is 16.5. The maximum Gasteiger partial charge on any atom is 0.408 e. The van der Waals surface area contributed by atoms with Crippen LogP contribution in [-0.2, 0) is 25.7 Å². The fourth-order valence-electron chi connectivity index (χ4n) is 4.30. The van der Waals surface area contributed by atoms with Crippen molar-refractivity contribution >= 4 is 23.7 Å². The van der Waals surface area contributed by atoms with Crippen LogP contribution < -0.4 is 10.6 Å². The molecule has 0 spiro atoms. The van der Waals surface area contributed by atoms with Crippen molar-refractivity contribution in [2.75, 3.05) is 0 Å². The summed E-state index contributed by atoms with van der Waals surface area (Å²) in [5.74, 6) is -0.359. The van der Waals surface area contributed by atoms with Gasteiger partial charge in [0.15, 0.2) is 5.78 Å². The van der Waals surface area contributed by atoms with Crippen molar-refractivity contribution in [3.8, 4) is 0 Å². The first-order valence-electron chi connectivity index (χ1n) is 12.1. The molecule has 8 nitrogen and oxygen atoms in total. The van der Waals surface area contributed by atoms with Crippen molar-refractivity contribution in [3.63, 3.8) is 0 Å². The Bertz CT molecular complexity index is 855. The molecule has 34 heavy (non-hydrogen) atoms. The Morgan fingerprint density at radius 3 is 2.24 bits per heavy atom. The second-order valence-corrected chi connectivity index (χ2v) is 10.0. The van der Waals surface area contributed by atoms with Gasteiger partial charge in [0, 0.05) is 6.04 Å². The van der Waals surface area contributed by atoms with Crippen LogP contribution in [0.4, 0.5) is 4.79 Å². The molecule has 1 fully saturated rings. The molecule has 1 heterocycles. The highest BCUT2D eigenvalue weighted by molar-refractivity contribution is 5.95. The first kappa shape index (κ1) is 27.3. The van der Waals surface area contributed by atoms with Crippen LogP contribution in [0.3, 0.4) is 0 Å². The van der Waals surface area contributed by atoms with Crippen molar-refractivity contribution in [3.05, 3.63) is 35.9 Å². The number of ether oxygens (including phenoxy) is 1. The van der Waals surface area contributed by atoms with Gasteiger partial charge < -0.3 is 20.3 Å². The Morgan fingerprint density at radius 2 is 1.68 bits per heavy atom. The van der Waals surface area contributed by atoms with Gasteiger partial charge in [0.1, 0.15) is 18.7 Å². The van der Waals surface area contributed by atoms with Crippen molar-refractivity contribution < 1.29 is 23.9 Å². The van der Waals surface area contributed by atoms with Gasteiger partial charge >= 0.3 is 6.09 Å². The number of carbonyl (C=O) groups excluding carboxylic acids is 4. The lowest BCUT2D eigenvalue weighted by molar-refractivity contribution is -0.141. The molecule has 2 N–H and O–H groups in total. The summed E-state index contributed by atoms with van der Waals surface area (Å²) < 4.78 is 5.26. The van der Waals surface area contributed by atoms with Gasteiger partial charge in [0.25, 0.3) is 0 Å². The second kappa shape index (κ2) is 12.5. The van der Waals surface area contributed by atoms with Crippen LogP contribution in [0, 0.1) is 11.8 Å². The second-order valence-electron chi connectivity index (χ2n) is 10.0. The summed E-state index contributed by atoms with van der Waals surface area (Å²) in [4.78, 5) is 52.5. The fraction of sp³-hybridized carbons (Fsp3) is 0.615. The van der Waals surface area contributed by atoms with E-state index in [1.165, 1.54) is 6.92 Å². The Hall–Kier alpha value is -2.90. The predicted molar refractivity (Wildman–Crippen MR) is 130 cm³/mol. The first-order chi connectivity index (χ1) is 16.0. The molecule has 2 rings (SSSR count). The van der Waals surface area contributed by atoms with E-state index in [0.29, 0.717) is 19.3 Å². The summed E-state index contributed by atoms with van der Waals surface area (Å²) in [5, 5.41) is 5.52. The number of carbonyl (C=O) groups is 4. The lowest BCUT2D eigenvalue weighted by Crippen LogP contribution is -2.55. The molecule has 4 atom stereocenters. The van der Waals surface area contributed by atoms with Crippen LogP contribution in [0.15, 0.2) is 30.3 Å². The number of nitrogens with zero attached hydrogens (tertiary/aromatic N) is 1. The van der Waals surface area contributed by atoms with E-state index in [2.05, 4.69) is 10.6 Å².